The number of benzene rings is 2. The van der Waals surface area contributed by atoms with Gasteiger partial charge in [-0.25, -0.2) is 21.6 Å². The van der Waals surface area contributed by atoms with E-state index in [0.29, 0.717) is 0 Å². The largest absolute Gasteiger partial charge is 0.396 e. The van der Waals surface area contributed by atoms with Gasteiger partial charge in [0.05, 0.1) is 11.4 Å². The van der Waals surface area contributed by atoms with Crippen LogP contribution in [-0.4, -0.2) is 8.42 Å². The molecule has 3 N–H and O–H groups in total. The number of rotatable bonds is 3. The third-order valence-electron chi connectivity index (χ3n) is 2.52. The first-order valence-electron chi connectivity index (χ1n) is 5.43. The van der Waals surface area contributed by atoms with Crippen molar-refractivity contribution in [3.63, 3.8) is 0 Å². The summed E-state index contributed by atoms with van der Waals surface area (Å²) < 4.78 is 66.1. The summed E-state index contributed by atoms with van der Waals surface area (Å²) in [5, 5.41) is -0.117. The highest BCUT2D eigenvalue weighted by atomic mass is 35.5. The number of nitrogens with two attached hydrogens (primary N) is 1. The summed E-state index contributed by atoms with van der Waals surface area (Å²) in [5.41, 5.74) is 4.14. The van der Waals surface area contributed by atoms with Gasteiger partial charge in [-0.15, -0.1) is 0 Å². The van der Waals surface area contributed by atoms with Crippen LogP contribution in [0.1, 0.15) is 0 Å². The van der Waals surface area contributed by atoms with Crippen LogP contribution in [0.15, 0.2) is 35.2 Å². The molecule has 0 saturated heterocycles. The van der Waals surface area contributed by atoms with Crippen molar-refractivity contribution in [3.05, 3.63) is 52.8 Å². The molecule has 0 saturated carbocycles. The fraction of sp³-hybridized carbons (Fsp3) is 0. The number of hydrogen-bond acceptors (Lipinski definition) is 3. The average molecular weight is 337 g/mol. The summed E-state index contributed by atoms with van der Waals surface area (Å²) in [4.78, 5) is -0.865. The molecule has 0 amide bonds. The fourth-order valence-corrected chi connectivity index (χ4v) is 3.05. The first-order valence-corrected chi connectivity index (χ1v) is 7.30. The van der Waals surface area contributed by atoms with E-state index in [4.69, 9.17) is 17.3 Å². The highest BCUT2D eigenvalue weighted by molar-refractivity contribution is 7.92. The molecule has 0 radical (unpaired) electrons. The van der Waals surface area contributed by atoms with Gasteiger partial charge in [-0.05, 0) is 24.3 Å². The zero-order valence-corrected chi connectivity index (χ0v) is 11.8. The van der Waals surface area contributed by atoms with Crippen molar-refractivity contribution < 1.29 is 21.6 Å². The normalized spacial score (nSPS) is 11.4. The van der Waals surface area contributed by atoms with Crippen LogP contribution in [0.4, 0.5) is 24.5 Å². The van der Waals surface area contributed by atoms with E-state index in [2.05, 4.69) is 0 Å². The molecule has 21 heavy (non-hydrogen) atoms. The highest BCUT2D eigenvalue weighted by Crippen LogP contribution is 2.27. The summed E-state index contributed by atoms with van der Waals surface area (Å²) in [6.07, 6.45) is 0. The standard InChI is InChI=1S/C12H8ClF3N2O2S/c13-6-4-8(17)12(16)10(5-6)21(19,20)18-9-3-1-2-7(14)11(9)15/h1-5,18H,17H2. The lowest BCUT2D eigenvalue weighted by Crippen LogP contribution is -2.16. The Balaban J connectivity index is 2.51. The first-order chi connectivity index (χ1) is 9.72. The molecule has 2 rings (SSSR count). The lowest BCUT2D eigenvalue weighted by Gasteiger charge is -2.11. The van der Waals surface area contributed by atoms with E-state index in [0.717, 1.165) is 30.3 Å². The van der Waals surface area contributed by atoms with Crippen molar-refractivity contribution in [1.82, 2.24) is 0 Å². The van der Waals surface area contributed by atoms with Gasteiger partial charge in [-0.2, -0.15) is 0 Å². The number of hydrogen-bond donors (Lipinski definition) is 2. The molecular formula is C12H8ClF3N2O2S. The SMILES string of the molecule is Nc1cc(Cl)cc(S(=O)(=O)Nc2cccc(F)c2F)c1F. The Kier molecular flexibility index (Phi) is 4.02. The fourth-order valence-electron chi connectivity index (χ4n) is 1.56. The van der Waals surface area contributed by atoms with Gasteiger partial charge in [0.15, 0.2) is 17.5 Å². The molecule has 0 heterocycles. The number of sulfonamides is 1. The van der Waals surface area contributed by atoms with Crippen LogP contribution in [-0.2, 0) is 10.0 Å². The maximum absolute atomic E-state index is 13.8. The second kappa shape index (κ2) is 5.45. The van der Waals surface area contributed by atoms with Crippen molar-refractivity contribution in [2.24, 2.45) is 0 Å². The smallest absolute Gasteiger partial charge is 0.265 e. The molecule has 4 nitrogen and oxygen atoms in total. The summed E-state index contributed by atoms with van der Waals surface area (Å²) in [5.74, 6) is -3.89. The van der Waals surface area contributed by atoms with E-state index >= 15 is 0 Å². The minimum absolute atomic E-state index is 0.117. The summed E-state index contributed by atoms with van der Waals surface area (Å²) in [6.45, 7) is 0. The molecule has 112 valence electrons. The molecular weight excluding hydrogens is 329 g/mol. The molecule has 0 aromatic heterocycles. The van der Waals surface area contributed by atoms with Crippen LogP contribution in [0.25, 0.3) is 0 Å². The van der Waals surface area contributed by atoms with E-state index in [-0.39, 0.29) is 5.02 Å². The van der Waals surface area contributed by atoms with E-state index < -0.39 is 43.7 Å². The molecule has 2 aromatic carbocycles. The minimum atomic E-state index is -4.52. The van der Waals surface area contributed by atoms with E-state index in [1.54, 1.807) is 4.72 Å². The second-order valence-corrected chi connectivity index (χ2v) is 6.10. The zero-order valence-electron chi connectivity index (χ0n) is 10.2. The number of nitrogens with one attached hydrogen (secondary N) is 1. The predicted molar refractivity (Wildman–Crippen MR) is 73.0 cm³/mol. The number of anilines is 2. The van der Waals surface area contributed by atoms with Crippen molar-refractivity contribution in [2.75, 3.05) is 10.5 Å². The van der Waals surface area contributed by atoms with Gasteiger partial charge in [0.25, 0.3) is 10.0 Å². The van der Waals surface area contributed by atoms with Crippen molar-refractivity contribution >= 4 is 33.0 Å². The molecule has 0 fully saturated rings. The van der Waals surface area contributed by atoms with Crippen LogP contribution in [0.3, 0.4) is 0 Å². The van der Waals surface area contributed by atoms with Crippen LogP contribution < -0.4 is 10.5 Å². The topological polar surface area (TPSA) is 72.2 Å². The maximum atomic E-state index is 13.8. The Morgan fingerprint density at radius 2 is 1.76 bits per heavy atom. The van der Waals surface area contributed by atoms with Crippen LogP contribution in [0.2, 0.25) is 5.02 Å². The van der Waals surface area contributed by atoms with Crippen molar-refractivity contribution in [2.45, 2.75) is 4.90 Å². The van der Waals surface area contributed by atoms with Gasteiger partial charge in [-0.3, -0.25) is 4.72 Å². The van der Waals surface area contributed by atoms with E-state index in [9.17, 15) is 21.6 Å². The molecule has 0 atom stereocenters. The molecule has 0 aliphatic carbocycles. The Morgan fingerprint density at radius 3 is 2.43 bits per heavy atom. The van der Waals surface area contributed by atoms with Gasteiger partial charge in [0.1, 0.15) is 4.90 Å². The lowest BCUT2D eigenvalue weighted by atomic mass is 10.3. The van der Waals surface area contributed by atoms with Gasteiger partial charge < -0.3 is 5.73 Å². The molecule has 0 unspecified atom stereocenters. The highest BCUT2D eigenvalue weighted by Gasteiger charge is 2.23. The third kappa shape index (κ3) is 3.06. The van der Waals surface area contributed by atoms with Gasteiger partial charge in [0, 0.05) is 5.02 Å². The van der Waals surface area contributed by atoms with Crippen molar-refractivity contribution in [3.8, 4) is 0 Å². The second-order valence-electron chi connectivity index (χ2n) is 4.01. The third-order valence-corrected chi connectivity index (χ3v) is 4.10. The Hall–Kier alpha value is -1.93. The predicted octanol–water partition coefficient (Wildman–Crippen LogP) is 3.14. The van der Waals surface area contributed by atoms with Crippen molar-refractivity contribution in [1.29, 1.82) is 0 Å². The first kappa shape index (κ1) is 15.5. The molecule has 9 heteroatoms. The summed E-state index contributed by atoms with van der Waals surface area (Å²) in [6, 6.07) is 4.73. The molecule has 0 aliphatic rings. The molecule has 0 spiro atoms. The molecule has 0 aliphatic heterocycles. The van der Waals surface area contributed by atoms with E-state index in [1.807, 2.05) is 0 Å². The van der Waals surface area contributed by atoms with Crippen LogP contribution in [0, 0.1) is 17.5 Å². The Bertz CT molecular complexity index is 812. The van der Waals surface area contributed by atoms with E-state index in [1.165, 1.54) is 0 Å². The Labute approximate surface area is 123 Å². The Morgan fingerprint density at radius 1 is 1.10 bits per heavy atom. The van der Waals surface area contributed by atoms with Gasteiger partial charge in [-0.1, -0.05) is 17.7 Å². The maximum Gasteiger partial charge on any atom is 0.265 e. The zero-order chi connectivity index (χ0) is 15.8. The summed E-state index contributed by atoms with van der Waals surface area (Å²) in [7, 11) is -4.52. The van der Waals surface area contributed by atoms with Crippen LogP contribution in [0.5, 0.6) is 0 Å². The molecule has 0 bridgehead atoms. The van der Waals surface area contributed by atoms with Gasteiger partial charge >= 0.3 is 0 Å². The van der Waals surface area contributed by atoms with Gasteiger partial charge in [0.2, 0.25) is 0 Å². The summed E-state index contributed by atoms with van der Waals surface area (Å²) >= 11 is 5.61. The molecule has 2 aromatic rings. The number of halogens is 4. The lowest BCUT2D eigenvalue weighted by molar-refractivity contribution is 0.511. The van der Waals surface area contributed by atoms with Crippen LogP contribution >= 0.6 is 11.6 Å². The number of nitrogen functional groups attached to an aromatic ring is 1. The minimum Gasteiger partial charge on any atom is -0.396 e. The average Bonchev–Trinajstić information content (AvgIpc) is 2.39. The monoisotopic (exact) mass is 336 g/mol. The quantitative estimate of drug-likeness (QED) is 0.846.